The van der Waals surface area contributed by atoms with Crippen molar-refractivity contribution in [3.8, 4) is 0 Å². The number of hydrogen-bond donors (Lipinski definition) is 0. The molecular weight excluding hydrogens is 139 g/mol. The van der Waals surface area contributed by atoms with Gasteiger partial charge in [-0.3, -0.25) is 0 Å². The van der Waals surface area contributed by atoms with Crippen LogP contribution in [-0.4, -0.2) is 25.2 Å². The summed E-state index contributed by atoms with van der Waals surface area (Å²) in [5.41, 5.74) is 0. The molecule has 1 aliphatic rings. The number of hydrogen-bond acceptors (Lipinski definition) is 0. The molecule has 0 aromatic carbocycles. The first-order chi connectivity index (χ1) is 4.66. The molecule has 1 rings (SSSR count). The Balaban J connectivity index is 2.38. The molecule has 0 radical (unpaired) electrons. The van der Waals surface area contributed by atoms with Crippen molar-refractivity contribution >= 4 is 7.26 Å². The summed E-state index contributed by atoms with van der Waals surface area (Å²) < 4.78 is 0. The Hall–Kier alpha value is 0.430. The molecule has 0 aliphatic carbocycles. The van der Waals surface area contributed by atoms with E-state index in [1.54, 1.807) is 18.5 Å². The maximum Gasteiger partial charge on any atom is 0.0618 e. The maximum absolute atomic E-state index is 2.57. The molecule has 2 unspecified atom stereocenters. The molecule has 0 nitrogen and oxygen atoms in total. The Morgan fingerprint density at radius 2 is 2.20 bits per heavy atom. The average molecular weight is 159 g/mol. The van der Waals surface area contributed by atoms with Gasteiger partial charge in [0.2, 0.25) is 0 Å². The lowest BCUT2D eigenvalue weighted by atomic mass is 10.2. The molecular formula is C9H20P+. The zero-order chi connectivity index (χ0) is 7.61. The molecule has 1 aliphatic heterocycles. The van der Waals surface area contributed by atoms with E-state index < -0.39 is 0 Å². The molecule has 1 heterocycles. The minimum atomic E-state index is -0.376. The lowest BCUT2D eigenvalue weighted by Crippen LogP contribution is -1.99. The summed E-state index contributed by atoms with van der Waals surface area (Å²) in [6.07, 6.45) is 7.65. The van der Waals surface area contributed by atoms with Crippen LogP contribution in [0.15, 0.2) is 0 Å². The van der Waals surface area contributed by atoms with Gasteiger partial charge in [0, 0.05) is 13.9 Å². The van der Waals surface area contributed by atoms with E-state index in [1.165, 1.54) is 12.8 Å². The SMILES string of the molecule is CCC[P+]1(C)CCC(C)C1. The highest BCUT2D eigenvalue weighted by Crippen LogP contribution is 2.62. The second-order valence-electron chi connectivity index (χ2n) is 4.14. The first-order valence-electron chi connectivity index (χ1n) is 4.50. The van der Waals surface area contributed by atoms with Crippen LogP contribution in [0.3, 0.4) is 0 Å². The van der Waals surface area contributed by atoms with Gasteiger partial charge in [0.25, 0.3) is 0 Å². The molecule has 0 bridgehead atoms. The van der Waals surface area contributed by atoms with Crippen molar-refractivity contribution < 1.29 is 0 Å². The molecule has 1 saturated heterocycles. The molecule has 0 saturated carbocycles. The molecule has 2 atom stereocenters. The highest BCUT2D eigenvalue weighted by Gasteiger charge is 2.38. The van der Waals surface area contributed by atoms with Gasteiger partial charge in [0.05, 0.1) is 18.5 Å². The lowest BCUT2D eigenvalue weighted by Gasteiger charge is -2.15. The fourth-order valence-corrected chi connectivity index (χ4v) is 6.63. The third-order valence-electron chi connectivity index (χ3n) is 2.68. The summed E-state index contributed by atoms with van der Waals surface area (Å²) in [7, 11) is -0.376. The van der Waals surface area contributed by atoms with Crippen LogP contribution in [0.5, 0.6) is 0 Å². The third kappa shape index (κ3) is 1.95. The fourth-order valence-electron chi connectivity index (χ4n) is 2.21. The van der Waals surface area contributed by atoms with Gasteiger partial charge in [-0.2, -0.15) is 0 Å². The Morgan fingerprint density at radius 1 is 1.50 bits per heavy atom. The van der Waals surface area contributed by atoms with Crippen molar-refractivity contribution in [2.45, 2.75) is 26.7 Å². The van der Waals surface area contributed by atoms with E-state index in [0.717, 1.165) is 5.92 Å². The smallest absolute Gasteiger partial charge is 0.0618 e. The van der Waals surface area contributed by atoms with Crippen LogP contribution in [0, 0.1) is 5.92 Å². The lowest BCUT2D eigenvalue weighted by molar-refractivity contribution is 0.668. The van der Waals surface area contributed by atoms with E-state index in [-0.39, 0.29) is 7.26 Å². The van der Waals surface area contributed by atoms with Crippen LogP contribution in [0.25, 0.3) is 0 Å². The van der Waals surface area contributed by atoms with Crippen LogP contribution < -0.4 is 0 Å². The summed E-state index contributed by atoms with van der Waals surface area (Å²) in [5.74, 6) is 1.05. The van der Waals surface area contributed by atoms with Gasteiger partial charge >= 0.3 is 0 Å². The summed E-state index contributed by atoms with van der Waals surface area (Å²) in [6, 6.07) is 0. The summed E-state index contributed by atoms with van der Waals surface area (Å²) in [4.78, 5) is 0. The Morgan fingerprint density at radius 3 is 2.60 bits per heavy atom. The molecule has 60 valence electrons. The molecule has 0 aromatic rings. The van der Waals surface area contributed by atoms with Gasteiger partial charge in [-0.1, -0.05) is 13.8 Å². The zero-order valence-electron chi connectivity index (χ0n) is 7.56. The monoisotopic (exact) mass is 159 g/mol. The Bertz CT molecular complexity index is 107. The molecule has 1 fully saturated rings. The minimum absolute atomic E-state index is 0.376. The topological polar surface area (TPSA) is 0 Å². The molecule has 0 amide bonds. The second kappa shape index (κ2) is 3.22. The predicted octanol–water partition coefficient (Wildman–Crippen LogP) is 3.08. The van der Waals surface area contributed by atoms with Crippen LogP contribution in [-0.2, 0) is 0 Å². The predicted molar refractivity (Wildman–Crippen MR) is 51.5 cm³/mol. The largest absolute Gasteiger partial charge is 0.0619 e. The average Bonchev–Trinajstić information content (AvgIpc) is 2.12. The van der Waals surface area contributed by atoms with Crippen molar-refractivity contribution in [2.24, 2.45) is 5.92 Å². The van der Waals surface area contributed by atoms with E-state index in [2.05, 4.69) is 20.5 Å². The highest BCUT2D eigenvalue weighted by molar-refractivity contribution is 7.75. The zero-order valence-corrected chi connectivity index (χ0v) is 8.45. The van der Waals surface area contributed by atoms with Gasteiger partial charge in [-0.05, 0) is 18.8 Å². The van der Waals surface area contributed by atoms with Crippen molar-refractivity contribution in [1.82, 2.24) is 0 Å². The van der Waals surface area contributed by atoms with Crippen LogP contribution >= 0.6 is 7.26 Å². The molecule has 10 heavy (non-hydrogen) atoms. The quantitative estimate of drug-likeness (QED) is 0.543. The van der Waals surface area contributed by atoms with Gasteiger partial charge in [0.15, 0.2) is 0 Å². The van der Waals surface area contributed by atoms with Crippen LogP contribution in [0.1, 0.15) is 26.7 Å². The van der Waals surface area contributed by atoms with Gasteiger partial charge in [-0.25, -0.2) is 0 Å². The molecule has 0 aromatic heterocycles. The van der Waals surface area contributed by atoms with Crippen LogP contribution in [0.4, 0.5) is 0 Å². The Labute approximate surface area is 65.7 Å². The molecule has 1 heteroatoms. The van der Waals surface area contributed by atoms with E-state index >= 15 is 0 Å². The van der Waals surface area contributed by atoms with Crippen molar-refractivity contribution in [3.05, 3.63) is 0 Å². The first kappa shape index (κ1) is 8.53. The van der Waals surface area contributed by atoms with Crippen molar-refractivity contribution in [3.63, 3.8) is 0 Å². The second-order valence-corrected chi connectivity index (χ2v) is 8.64. The summed E-state index contributed by atoms with van der Waals surface area (Å²) in [6.45, 7) is 7.31. The van der Waals surface area contributed by atoms with Gasteiger partial charge in [0.1, 0.15) is 0 Å². The summed E-state index contributed by atoms with van der Waals surface area (Å²) >= 11 is 0. The molecule has 0 spiro atoms. The minimum Gasteiger partial charge on any atom is -0.0619 e. The number of rotatable bonds is 2. The maximum atomic E-state index is 2.57. The normalized spacial score (nSPS) is 40.5. The van der Waals surface area contributed by atoms with Gasteiger partial charge in [-0.15, -0.1) is 0 Å². The van der Waals surface area contributed by atoms with E-state index in [4.69, 9.17) is 0 Å². The first-order valence-corrected chi connectivity index (χ1v) is 7.29. The standard InChI is InChI=1S/C9H20P/c1-4-6-10(3)7-5-9(2)8-10/h9H,4-8H2,1-3H3/q+1. The van der Waals surface area contributed by atoms with Crippen molar-refractivity contribution in [2.75, 3.05) is 25.2 Å². The van der Waals surface area contributed by atoms with E-state index in [9.17, 15) is 0 Å². The van der Waals surface area contributed by atoms with Crippen LogP contribution in [0.2, 0.25) is 0 Å². The molecule has 0 N–H and O–H groups in total. The highest BCUT2D eigenvalue weighted by atomic mass is 31.2. The fraction of sp³-hybridized carbons (Fsp3) is 1.00. The van der Waals surface area contributed by atoms with E-state index in [1.807, 2.05) is 0 Å². The third-order valence-corrected chi connectivity index (χ3v) is 7.05. The Kier molecular flexibility index (Phi) is 2.74. The van der Waals surface area contributed by atoms with E-state index in [0.29, 0.717) is 0 Å². The summed E-state index contributed by atoms with van der Waals surface area (Å²) in [5, 5.41) is 0. The van der Waals surface area contributed by atoms with Crippen molar-refractivity contribution in [1.29, 1.82) is 0 Å². The van der Waals surface area contributed by atoms with Gasteiger partial charge < -0.3 is 0 Å².